The average molecular weight is 137 g/mol. The number of nitrogens with zero attached hydrogens (tertiary/aromatic N) is 1. The molecule has 0 fully saturated rings. The smallest absolute Gasteiger partial charge is 0.0422 e. The first-order valence-electron chi connectivity index (χ1n) is 3.95. The van der Waals surface area contributed by atoms with E-state index in [-0.39, 0.29) is 0 Å². The zero-order chi connectivity index (χ0) is 7.40. The van der Waals surface area contributed by atoms with Crippen molar-refractivity contribution in [3.05, 3.63) is 12.2 Å². The Bertz CT molecular complexity index is 131. The molecule has 10 heavy (non-hydrogen) atoms. The van der Waals surface area contributed by atoms with Crippen LogP contribution < -0.4 is 0 Å². The van der Waals surface area contributed by atoms with E-state index in [0.29, 0.717) is 0 Å². The largest absolute Gasteiger partial charge is 0.293 e. The van der Waals surface area contributed by atoms with E-state index in [4.69, 9.17) is 0 Å². The monoisotopic (exact) mass is 137 g/mol. The van der Waals surface area contributed by atoms with Gasteiger partial charge < -0.3 is 0 Å². The van der Waals surface area contributed by atoms with E-state index >= 15 is 0 Å². The second-order valence-corrected chi connectivity index (χ2v) is 3.18. The molecule has 1 aliphatic rings. The molecule has 1 atom stereocenters. The predicted molar refractivity (Wildman–Crippen MR) is 45.4 cm³/mol. The summed E-state index contributed by atoms with van der Waals surface area (Å²) in [6, 6.07) is 0. The van der Waals surface area contributed by atoms with Crippen LogP contribution in [0.4, 0.5) is 0 Å². The van der Waals surface area contributed by atoms with Gasteiger partial charge in [0.05, 0.1) is 0 Å². The number of rotatable bonds is 1. The van der Waals surface area contributed by atoms with Crippen molar-refractivity contribution < 1.29 is 0 Å². The Hall–Kier alpha value is -0.590. The molecule has 1 heterocycles. The van der Waals surface area contributed by atoms with Crippen molar-refractivity contribution in [2.45, 2.75) is 20.3 Å². The van der Waals surface area contributed by atoms with E-state index in [2.05, 4.69) is 24.9 Å². The number of allylic oxidation sites excluding steroid dienone is 2. The first-order chi connectivity index (χ1) is 4.80. The molecule has 0 aliphatic carbocycles. The molecule has 0 N–H and O–H groups in total. The van der Waals surface area contributed by atoms with Gasteiger partial charge in [0.2, 0.25) is 0 Å². The Morgan fingerprint density at radius 2 is 2.30 bits per heavy atom. The summed E-state index contributed by atoms with van der Waals surface area (Å²) in [6.45, 7) is 5.53. The Balaban J connectivity index is 2.47. The van der Waals surface area contributed by atoms with E-state index in [1.807, 2.05) is 12.3 Å². The lowest BCUT2D eigenvalue weighted by molar-refractivity contribution is 0.401. The maximum Gasteiger partial charge on any atom is 0.0422 e. The Morgan fingerprint density at radius 1 is 1.50 bits per heavy atom. The second kappa shape index (κ2) is 3.55. The highest BCUT2D eigenvalue weighted by atomic mass is 14.7. The van der Waals surface area contributed by atoms with Gasteiger partial charge in [-0.15, -0.1) is 0 Å². The summed E-state index contributed by atoms with van der Waals surface area (Å²) in [6.07, 6.45) is 7.35. The summed E-state index contributed by atoms with van der Waals surface area (Å²) in [7, 11) is 0. The molecule has 1 unspecified atom stereocenters. The molecule has 0 saturated heterocycles. The lowest BCUT2D eigenvalue weighted by atomic mass is 9.93. The van der Waals surface area contributed by atoms with E-state index in [0.717, 1.165) is 18.4 Å². The van der Waals surface area contributed by atoms with Crippen LogP contribution in [-0.2, 0) is 0 Å². The molecule has 0 aromatic carbocycles. The van der Waals surface area contributed by atoms with Crippen LogP contribution in [0.1, 0.15) is 20.3 Å². The van der Waals surface area contributed by atoms with Gasteiger partial charge in [-0.3, -0.25) is 4.99 Å². The molecule has 0 spiro atoms. The topological polar surface area (TPSA) is 12.4 Å². The van der Waals surface area contributed by atoms with Crippen molar-refractivity contribution in [1.82, 2.24) is 0 Å². The Morgan fingerprint density at radius 3 is 3.00 bits per heavy atom. The third-order valence-corrected chi connectivity index (χ3v) is 2.05. The molecule has 56 valence electrons. The van der Waals surface area contributed by atoms with Gasteiger partial charge in [-0.1, -0.05) is 19.9 Å². The molecule has 1 heteroatoms. The van der Waals surface area contributed by atoms with Gasteiger partial charge >= 0.3 is 0 Å². The maximum atomic E-state index is 4.26. The van der Waals surface area contributed by atoms with Crippen LogP contribution in [0.25, 0.3) is 0 Å². The van der Waals surface area contributed by atoms with Crippen molar-refractivity contribution in [2.24, 2.45) is 16.8 Å². The third-order valence-electron chi connectivity index (χ3n) is 2.05. The highest BCUT2D eigenvalue weighted by Gasteiger charge is 2.10. The van der Waals surface area contributed by atoms with E-state index < -0.39 is 0 Å². The minimum absolute atomic E-state index is 0.759. The van der Waals surface area contributed by atoms with E-state index in [1.165, 1.54) is 6.42 Å². The van der Waals surface area contributed by atoms with Gasteiger partial charge in [0.15, 0.2) is 0 Å². The van der Waals surface area contributed by atoms with E-state index in [1.54, 1.807) is 0 Å². The first kappa shape index (κ1) is 7.52. The van der Waals surface area contributed by atoms with Crippen LogP contribution in [0.2, 0.25) is 0 Å². The van der Waals surface area contributed by atoms with Gasteiger partial charge in [-0.05, 0) is 24.3 Å². The number of aliphatic imine (C=N–C) groups is 1. The molecule has 1 rings (SSSR count). The Kier molecular flexibility index (Phi) is 2.67. The fourth-order valence-electron chi connectivity index (χ4n) is 1.13. The lowest BCUT2D eigenvalue weighted by Crippen LogP contribution is -2.10. The minimum Gasteiger partial charge on any atom is -0.293 e. The molecule has 0 saturated carbocycles. The maximum absolute atomic E-state index is 4.26. The summed E-state index contributed by atoms with van der Waals surface area (Å²) in [5.41, 5.74) is 0. The standard InChI is InChI=1S/C9H15N/c1-8(2)9-5-3-4-6-10-7-9/h3-4,6,8-9H,5,7H2,1-2H3. The fourth-order valence-corrected chi connectivity index (χ4v) is 1.13. The number of hydrogen-bond acceptors (Lipinski definition) is 1. The van der Waals surface area contributed by atoms with Crippen LogP contribution in [0, 0.1) is 11.8 Å². The summed E-state index contributed by atoms with van der Waals surface area (Å²) in [5, 5.41) is 0. The van der Waals surface area contributed by atoms with Gasteiger partial charge in [-0.2, -0.15) is 0 Å². The van der Waals surface area contributed by atoms with Gasteiger partial charge in [0.1, 0.15) is 0 Å². The summed E-state index contributed by atoms with van der Waals surface area (Å²) < 4.78 is 0. The van der Waals surface area contributed by atoms with Gasteiger partial charge in [-0.25, -0.2) is 0 Å². The molecule has 1 aliphatic heterocycles. The summed E-state index contributed by atoms with van der Waals surface area (Å²) in [4.78, 5) is 4.26. The predicted octanol–water partition coefficient (Wildman–Crippen LogP) is 2.29. The molecule has 0 aromatic rings. The van der Waals surface area contributed by atoms with E-state index in [9.17, 15) is 0 Å². The SMILES string of the molecule is CC(C)C1CC=CC=NC1. The van der Waals surface area contributed by atoms with Crippen LogP contribution in [0.3, 0.4) is 0 Å². The third kappa shape index (κ3) is 1.98. The molecular weight excluding hydrogens is 122 g/mol. The molecule has 0 aromatic heterocycles. The van der Waals surface area contributed by atoms with Crippen molar-refractivity contribution >= 4 is 6.21 Å². The normalized spacial score (nSPS) is 25.3. The van der Waals surface area contributed by atoms with Crippen LogP contribution >= 0.6 is 0 Å². The highest BCUT2D eigenvalue weighted by Crippen LogP contribution is 2.16. The quantitative estimate of drug-likeness (QED) is 0.526. The first-order valence-corrected chi connectivity index (χ1v) is 3.95. The molecule has 0 amide bonds. The highest BCUT2D eigenvalue weighted by molar-refractivity contribution is 5.71. The van der Waals surface area contributed by atoms with Gasteiger partial charge in [0, 0.05) is 12.8 Å². The van der Waals surface area contributed by atoms with Gasteiger partial charge in [0.25, 0.3) is 0 Å². The fraction of sp³-hybridized carbons (Fsp3) is 0.667. The molecule has 1 nitrogen and oxygen atoms in total. The average Bonchev–Trinajstić information content (AvgIpc) is 2.12. The van der Waals surface area contributed by atoms with Crippen molar-refractivity contribution in [3.63, 3.8) is 0 Å². The van der Waals surface area contributed by atoms with Crippen molar-refractivity contribution in [3.8, 4) is 0 Å². The second-order valence-electron chi connectivity index (χ2n) is 3.18. The van der Waals surface area contributed by atoms with Crippen molar-refractivity contribution in [1.29, 1.82) is 0 Å². The van der Waals surface area contributed by atoms with Crippen molar-refractivity contribution in [2.75, 3.05) is 6.54 Å². The molecule has 0 bridgehead atoms. The zero-order valence-corrected chi connectivity index (χ0v) is 6.75. The minimum atomic E-state index is 0.759. The van der Waals surface area contributed by atoms with Crippen LogP contribution in [0.5, 0.6) is 0 Å². The lowest BCUT2D eigenvalue weighted by Gasteiger charge is -2.14. The Labute approximate surface area is 62.9 Å². The molecular formula is C9H15N. The molecule has 0 radical (unpaired) electrons. The summed E-state index contributed by atoms with van der Waals surface area (Å²) in [5.74, 6) is 1.52. The van der Waals surface area contributed by atoms with Crippen LogP contribution in [0.15, 0.2) is 17.1 Å². The zero-order valence-electron chi connectivity index (χ0n) is 6.75. The number of hydrogen-bond donors (Lipinski definition) is 0. The summed E-state index contributed by atoms with van der Waals surface area (Å²) >= 11 is 0. The van der Waals surface area contributed by atoms with Crippen LogP contribution in [-0.4, -0.2) is 12.8 Å².